The van der Waals surface area contributed by atoms with E-state index in [-0.39, 0.29) is 0 Å². The van der Waals surface area contributed by atoms with Crippen molar-refractivity contribution >= 4 is 5.78 Å². The molecule has 0 amide bonds. The van der Waals surface area contributed by atoms with E-state index in [1.54, 1.807) is 0 Å². The molecule has 1 heteroatoms. The van der Waals surface area contributed by atoms with Crippen molar-refractivity contribution in [3.05, 3.63) is 0 Å². The summed E-state index contributed by atoms with van der Waals surface area (Å²) in [6, 6.07) is 0. The molecule has 3 saturated carbocycles. The van der Waals surface area contributed by atoms with Crippen LogP contribution in [0.4, 0.5) is 0 Å². The van der Waals surface area contributed by atoms with Crippen LogP contribution in [0.25, 0.3) is 0 Å². The molecule has 3 fully saturated rings. The van der Waals surface area contributed by atoms with Gasteiger partial charge in [0, 0.05) is 12.3 Å². The number of Topliss-reactive ketones (excluding diaryl/α,β-unsaturated/α-hetero) is 1. The first-order valence-corrected chi connectivity index (χ1v) is 6.87. The highest BCUT2D eigenvalue weighted by Gasteiger charge is 2.75. The predicted molar refractivity (Wildman–Crippen MR) is 65.1 cm³/mol. The van der Waals surface area contributed by atoms with E-state index in [2.05, 4.69) is 27.7 Å². The van der Waals surface area contributed by atoms with Crippen molar-refractivity contribution in [3.63, 3.8) is 0 Å². The van der Waals surface area contributed by atoms with E-state index in [1.165, 1.54) is 25.7 Å². The topological polar surface area (TPSA) is 17.1 Å². The van der Waals surface area contributed by atoms with Gasteiger partial charge in [-0.1, -0.05) is 34.1 Å². The third-order valence-electron chi connectivity index (χ3n) is 6.51. The summed E-state index contributed by atoms with van der Waals surface area (Å²) in [5.41, 5.74) is 1.29. The van der Waals surface area contributed by atoms with Crippen LogP contribution in [0.15, 0.2) is 0 Å². The Bertz CT molecular complexity index is 356. The van der Waals surface area contributed by atoms with E-state index >= 15 is 0 Å². The molecule has 1 spiro atoms. The summed E-state index contributed by atoms with van der Waals surface area (Å²) in [5.74, 6) is 1.58. The molecule has 0 bridgehead atoms. The molecule has 3 rings (SSSR count). The molecule has 4 atom stereocenters. The number of rotatable bonds is 0. The Labute approximate surface area is 99.0 Å². The Kier molecular flexibility index (Phi) is 1.85. The van der Waals surface area contributed by atoms with Gasteiger partial charge >= 0.3 is 0 Å². The fourth-order valence-corrected chi connectivity index (χ4v) is 5.56. The van der Waals surface area contributed by atoms with Gasteiger partial charge in [-0.25, -0.2) is 0 Å². The Balaban J connectivity index is 2.06. The molecule has 0 radical (unpaired) electrons. The fraction of sp³-hybridized carbons (Fsp3) is 0.933. The predicted octanol–water partition coefficient (Wildman–Crippen LogP) is 3.82. The van der Waals surface area contributed by atoms with Crippen molar-refractivity contribution in [1.82, 2.24) is 0 Å². The Hall–Kier alpha value is -0.330. The highest BCUT2D eigenvalue weighted by molar-refractivity contribution is 5.84. The standard InChI is InChI=1S/C15H24O/c1-10-11-8-15(11)13(2,3)6-5-7-14(15,4)9-12(10)16/h10-11H,5-9H2,1-4H3/t10?,11-,14-,15-/m0/s1. The zero-order chi connectivity index (χ0) is 11.8. The maximum atomic E-state index is 12.1. The molecule has 1 nitrogen and oxygen atoms in total. The second-order valence-corrected chi connectivity index (χ2v) is 7.51. The summed E-state index contributed by atoms with van der Waals surface area (Å²) >= 11 is 0. The summed E-state index contributed by atoms with van der Waals surface area (Å²) < 4.78 is 0. The number of ketones is 1. The van der Waals surface area contributed by atoms with Gasteiger partial charge in [0.1, 0.15) is 5.78 Å². The van der Waals surface area contributed by atoms with Crippen LogP contribution < -0.4 is 0 Å². The Morgan fingerprint density at radius 1 is 1.19 bits per heavy atom. The summed E-state index contributed by atoms with van der Waals surface area (Å²) in [6.45, 7) is 9.48. The average molecular weight is 220 g/mol. The molecule has 90 valence electrons. The lowest BCUT2D eigenvalue weighted by atomic mass is 9.48. The molecule has 3 aliphatic carbocycles. The van der Waals surface area contributed by atoms with Crippen LogP contribution in [0, 0.1) is 28.1 Å². The monoisotopic (exact) mass is 220 g/mol. The second-order valence-electron chi connectivity index (χ2n) is 7.51. The molecule has 16 heavy (non-hydrogen) atoms. The largest absolute Gasteiger partial charge is 0.299 e. The van der Waals surface area contributed by atoms with Crippen molar-refractivity contribution in [2.45, 2.75) is 59.8 Å². The van der Waals surface area contributed by atoms with Crippen molar-refractivity contribution in [3.8, 4) is 0 Å². The van der Waals surface area contributed by atoms with E-state index in [9.17, 15) is 4.79 Å². The third kappa shape index (κ3) is 0.966. The molecule has 0 aromatic carbocycles. The molecular weight excluding hydrogens is 196 g/mol. The SMILES string of the molecule is CC1C(=O)C[C@]2(C)CCCC(C)(C)[C@@]23C[C@@H]13. The highest BCUT2D eigenvalue weighted by Crippen LogP contribution is 2.80. The van der Waals surface area contributed by atoms with Crippen LogP contribution in [0.3, 0.4) is 0 Å². The minimum atomic E-state index is 0.322. The lowest BCUT2D eigenvalue weighted by molar-refractivity contribution is -0.139. The van der Waals surface area contributed by atoms with Crippen LogP contribution in [0.2, 0.25) is 0 Å². The van der Waals surface area contributed by atoms with E-state index in [1.807, 2.05) is 0 Å². The molecule has 1 unspecified atom stereocenters. The van der Waals surface area contributed by atoms with E-state index < -0.39 is 0 Å². The van der Waals surface area contributed by atoms with Gasteiger partial charge < -0.3 is 0 Å². The van der Waals surface area contributed by atoms with Crippen LogP contribution in [-0.2, 0) is 4.79 Å². The van der Waals surface area contributed by atoms with Crippen LogP contribution >= 0.6 is 0 Å². The van der Waals surface area contributed by atoms with Crippen molar-refractivity contribution in [2.24, 2.45) is 28.1 Å². The number of hydrogen-bond acceptors (Lipinski definition) is 1. The maximum absolute atomic E-state index is 12.1. The Morgan fingerprint density at radius 3 is 2.56 bits per heavy atom. The van der Waals surface area contributed by atoms with Crippen molar-refractivity contribution in [1.29, 1.82) is 0 Å². The fourth-order valence-electron chi connectivity index (χ4n) is 5.56. The average Bonchev–Trinajstić information content (AvgIpc) is 2.89. The first-order valence-electron chi connectivity index (χ1n) is 6.87. The zero-order valence-electron chi connectivity index (χ0n) is 11.1. The van der Waals surface area contributed by atoms with Gasteiger partial charge in [-0.05, 0) is 41.4 Å². The molecule has 0 N–H and O–H groups in total. The van der Waals surface area contributed by atoms with Gasteiger partial charge in [-0.15, -0.1) is 0 Å². The summed E-state index contributed by atoms with van der Waals surface area (Å²) in [6.07, 6.45) is 6.14. The quantitative estimate of drug-likeness (QED) is 0.606. The molecule has 0 aromatic rings. The van der Waals surface area contributed by atoms with Gasteiger partial charge in [0.2, 0.25) is 0 Å². The van der Waals surface area contributed by atoms with E-state index in [0.717, 1.165) is 6.42 Å². The van der Waals surface area contributed by atoms with Crippen molar-refractivity contribution in [2.75, 3.05) is 0 Å². The lowest BCUT2D eigenvalue weighted by Crippen LogP contribution is -2.50. The number of carbonyl (C=O) groups is 1. The minimum Gasteiger partial charge on any atom is -0.299 e. The van der Waals surface area contributed by atoms with Gasteiger partial charge in [0.05, 0.1) is 0 Å². The second kappa shape index (κ2) is 2.73. The molecule has 3 aliphatic rings. The van der Waals surface area contributed by atoms with Crippen molar-refractivity contribution < 1.29 is 4.79 Å². The van der Waals surface area contributed by atoms with Gasteiger partial charge in [-0.3, -0.25) is 4.79 Å². The van der Waals surface area contributed by atoms with Crippen LogP contribution in [0.5, 0.6) is 0 Å². The van der Waals surface area contributed by atoms with E-state index in [0.29, 0.717) is 33.9 Å². The third-order valence-corrected chi connectivity index (χ3v) is 6.51. The smallest absolute Gasteiger partial charge is 0.136 e. The minimum absolute atomic E-state index is 0.322. The van der Waals surface area contributed by atoms with Gasteiger partial charge in [0.25, 0.3) is 0 Å². The van der Waals surface area contributed by atoms with Crippen LogP contribution in [0.1, 0.15) is 59.8 Å². The zero-order valence-corrected chi connectivity index (χ0v) is 11.1. The molecule has 0 heterocycles. The van der Waals surface area contributed by atoms with Gasteiger partial charge in [-0.2, -0.15) is 0 Å². The summed E-state index contributed by atoms with van der Waals surface area (Å²) in [7, 11) is 0. The molecule has 0 saturated heterocycles. The lowest BCUT2D eigenvalue weighted by Gasteiger charge is -2.55. The van der Waals surface area contributed by atoms with E-state index in [4.69, 9.17) is 0 Å². The Morgan fingerprint density at radius 2 is 1.88 bits per heavy atom. The maximum Gasteiger partial charge on any atom is 0.136 e. The molecule has 0 aromatic heterocycles. The first kappa shape index (κ1) is 10.8. The summed E-state index contributed by atoms with van der Waals surface area (Å²) in [5, 5.41) is 0. The number of carbonyl (C=O) groups excluding carboxylic acids is 1. The van der Waals surface area contributed by atoms with Gasteiger partial charge in [0.15, 0.2) is 0 Å². The number of hydrogen-bond donors (Lipinski definition) is 0. The molecule has 0 aliphatic heterocycles. The normalized spacial score (nSPS) is 54.1. The molecular formula is C15H24O. The van der Waals surface area contributed by atoms with Crippen LogP contribution in [-0.4, -0.2) is 5.78 Å². The first-order chi connectivity index (χ1) is 7.34. The summed E-state index contributed by atoms with van der Waals surface area (Å²) in [4.78, 5) is 12.1. The highest BCUT2D eigenvalue weighted by atomic mass is 16.1.